The zero-order chi connectivity index (χ0) is 15.0. The molecule has 2 atom stereocenters. The first kappa shape index (κ1) is 16.5. The molecule has 0 saturated heterocycles. The van der Waals surface area contributed by atoms with Crippen LogP contribution in [0.1, 0.15) is 33.3 Å². The molecule has 0 spiro atoms. The number of rotatable bonds is 9. The minimum absolute atomic E-state index is 0.334. The van der Waals surface area contributed by atoms with Gasteiger partial charge in [-0.15, -0.1) is 0 Å². The summed E-state index contributed by atoms with van der Waals surface area (Å²) in [5, 5.41) is 0. The van der Waals surface area contributed by atoms with Crippen LogP contribution in [-0.4, -0.2) is 25.8 Å². The van der Waals surface area contributed by atoms with Gasteiger partial charge in [-0.1, -0.05) is 18.7 Å². The van der Waals surface area contributed by atoms with Gasteiger partial charge >= 0.3 is 0 Å². The third-order valence-corrected chi connectivity index (χ3v) is 2.59. The molecular formula is C16H24O4. The summed E-state index contributed by atoms with van der Waals surface area (Å²) in [6.45, 7) is 12.5. The molecule has 0 aliphatic heterocycles. The third kappa shape index (κ3) is 5.23. The highest BCUT2D eigenvalue weighted by Gasteiger charge is 2.13. The van der Waals surface area contributed by atoms with E-state index in [-0.39, 0.29) is 12.6 Å². The highest BCUT2D eigenvalue weighted by Crippen LogP contribution is 2.31. The van der Waals surface area contributed by atoms with Crippen LogP contribution in [0.2, 0.25) is 0 Å². The normalized spacial score (nSPS) is 13.6. The van der Waals surface area contributed by atoms with Crippen molar-refractivity contribution in [1.29, 1.82) is 0 Å². The van der Waals surface area contributed by atoms with Crippen molar-refractivity contribution in [2.24, 2.45) is 0 Å². The Hall–Kier alpha value is -1.52. The second kappa shape index (κ2) is 8.61. The maximum absolute atomic E-state index is 5.76. The lowest BCUT2D eigenvalue weighted by atomic mass is 10.2. The second-order valence-electron chi connectivity index (χ2n) is 4.19. The average molecular weight is 280 g/mol. The number of ether oxygens (including phenoxy) is 4. The van der Waals surface area contributed by atoms with Crippen LogP contribution < -0.4 is 9.47 Å². The topological polar surface area (TPSA) is 36.9 Å². The molecule has 4 nitrogen and oxygen atoms in total. The van der Waals surface area contributed by atoms with Crippen molar-refractivity contribution in [1.82, 2.24) is 0 Å². The quantitative estimate of drug-likeness (QED) is 0.644. The Balaban J connectivity index is 2.88. The van der Waals surface area contributed by atoms with Crippen LogP contribution in [0.3, 0.4) is 0 Å². The molecule has 0 aromatic heterocycles. The van der Waals surface area contributed by atoms with Crippen LogP contribution >= 0.6 is 0 Å². The Morgan fingerprint density at radius 2 is 1.55 bits per heavy atom. The molecule has 0 bridgehead atoms. The first-order chi connectivity index (χ1) is 9.60. The van der Waals surface area contributed by atoms with E-state index >= 15 is 0 Å². The Kier molecular flexibility index (Phi) is 7.12. The number of hydrogen-bond donors (Lipinski definition) is 0. The molecule has 112 valence electrons. The van der Waals surface area contributed by atoms with Gasteiger partial charge in [0.05, 0.1) is 0 Å². The molecule has 0 saturated carbocycles. The molecule has 20 heavy (non-hydrogen) atoms. The Labute approximate surface area is 121 Å². The molecule has 0 radical (unpaired) electrons. The van der Waals surface area contributed by atoms with Gasteiger partial charge in [0.2, 0.25) is 0 Å². The first-order valence-electron chi connectivity index (χ1n) is 6.93. The van der Waals surface area contributed by atoms with E-state index in [4.69, 9.17) is 18.9 Å². The fraction of sp³-hybridized carbons (Fsp3) is 0.500. The lowest BCUT2D eigenvalue weighted by Gasteiger charge is -2.20. The van der Waals surface area contributed by atoms with Crippen LogP contribution in [0, 0.1) is 0 Å². The van der Waals surface area contributed by atoms with Gasteiger partial charge in [0.15, 0.2) is 24.1 Å². The van der Waals surface area contributed by atoms with Gasteiger partial charge in [0.1, 0.15) is 0 Å². The molecule has 0 fully saturated rings. The highest BCUT2D eigenvalue weighted by atomic mass is 16.7. The van der Waals surface area contributed by atoms with E-state index in [1.165, 1.54) is 0 Å². The van der Waals surface area contributed by atoms with Crippen LogP contribution in [0.5, 0.6) is 11.5 Å². The standard InChI is InChI=1S/C16H24O4/c1-6-14-9-10-15(19-12(4)17-7-2)16(11-14)20-13(5)18-8-3/h6,9-13H,1,7-8H2,2-5H3. The maximum atomic E-state index is 5.76. The van der Waals surface area contributed by atoms with Crippen LogP contribution in [-0.2, 0) is 9.47 Å². The van der Waals surface area contributed by atoms with Crippen LogP contribution in [0.4, 0.5) is 0 Å². The van der Waals surface area contributed by atoms with Crippen molar-refractivity contribution < 1.29 is 18.9 Å². The van der Waals surface area contributed by atoms with Crippen molar-refractivity contribution in [3.63, 3.8) is 0 Å². The average Bonchev–Trinajstić information content (AvgIpc) is 2.41. The smallest absolute Gasteiger partial charge is 0.197 e. The minimum atomic E-state index is -0.343. The van der Waals surface area contributed by atoms with Gasteiger partial charge < -0.3 is 18.9 Å². The van der Waals surface area contributed by atoms with Gasteiger partial charge in [-0.3, -0.25) is 0 Å². The van der Waals surface area contributed by atoms with Crippen molar-refractivity contribution in [2.75, 3.05) is 13.2 Å². The molecule has 0 amide bonds. The zero-order valence-electron chi connectivity index (χ0n) is 12.7. The minimum Gasteiger partial charge on any atom is -0.461 e. The zero-order valence-corrected chi connectivity index (χ0v) is 12.7. The summed E-state index contributed by atoms with van der Waals surface area (Å²) in [5.41, 5.74) is 0.958. The van der Waals surface area contributed by atoms with Crippen LogP contribution in [0.25, 0.3) is 6.08 Å². The summed E-state index contributed by atoms with van der Waals surface area (Å²) in [7, 11) is 0. The predicted octanol–water partition coefficient (Wildman–Crippen LogP) is 3.85. The molecule has 0 aliphatic rings. The van der Waals surface area contributed by atoms with Gasteiger partial charge in [0, 0.05) is 13.2 Å². The van der Waals surface area contributed by atoms with E-state index in [2.05, 4.69) is 6.58 Å². The Morgan fingerprint density at radius 3 is 2.05 bits per heavy atom. The largest absolute Gasteiger partial charge is 0.461 e. The molecule has 2 unspecified atom stereocenters. The fourth-order valence-corrected chi connectivity index (χ4v) is 1.74. The molecular weight excluding hydrogens is 256 g/mol. The Bertz CT molecular complexity index is 417. The molecule has 0 N–H and O–H groups in total. The molecule has 4 heteroatoms. The van der Waals surface area contributed by atoms with Gasteiger partial charge in [-0.05, 0) is 45.4 Å². The first-order valence-corrected chi connectivity index (χ1v) is 6.93. The molecule has 1 rings (SSSR count). The van der Waals surface area contributed by atoms with Crippen molar-refractivity contribution in [3.05, 3.63) is 30.3 Å². The Morgan fingerprint density at radius 1 is 1.00 bits per heavy atom. The van der Waals surface area contributed by atoms with E-state index in [1.54, 1.807) is 6.08 Å². The highest BCUT2D eigenvalue weighted by molar-refractivity contribution is 5.54. The summed E-state index contributed by atoms with van der Waals surface area (Å²) in [6.07, 6.45) is 1.08. The summed E-state index contributed by atoms with van der Waals surface area (Å²) in [6, 6.07) is 5.64. The summed E-state index contributed by atoms with van der Waals surface area (Å²) < 4.78 is 22.3. The van der Waals surface area contributed by atoms with E-state index in [0.717, 1.165) is 5.56 Å². The van der Waals surface area contributed by atoms with E-state index in [1.807, 2.05) is 45.9 Å². The molecule has 1 aromatic rings. The summed E-state index contributed by atoms with van der Waals surface area (Å²) in [5.74, 6) is 1.25. The monoisotopic (exact) mass is 280 g/mol. The van der Waals surface area contributed by atoms with E-state index in [0.29, 0.717) is 24.7 Å². The number of benzene rings is 1. The van der Waals surface area contributed by atoms with Crippen molar-refractivity contribution >= 4 is 6.08 Å². The molecule has 1 aromatic carbocycles. The molecule has 0 heterocycles. The SMILES string of the molecule is C=Cc1ccc(OC(C)OCC)c(OC(C)OCC)c1. The number of hydrogen-bond acceptors (Lipinski definition) is 4. The van der Waals surface area contributed by atoms with Gasteiger partial charge in [-0.25, -0.2) is 0 Å². The van der Waals surface area contributed by atoms with E-state index < -0.39 is 0 Å². The van der Waals surface area contributed by atoms with Gasteiger partial charge in [0.25, 0.3) is 0 Å². The predicted molar refractivity (Wildman–Crippen MR) is 80.0 cm³/mol. The lowest BCUT2D eigenvalue weighted by molar-refractivity contribution is -0.0766. The summed E-state index contributed by atoms with van der Waals surface area (Å²) >= 11 is 0. The molecule has 0 aliphatic carbocycles. The summed E-state index contributed by atoms with van der Waals surface area (Å²) in [4.78, 5) is 0. The lowest BCUT2D eigenvalue weighted by Crippen LogP contribution is -2.19. The second-order valence-corrected chi connectivity index (χ2v) is 4.19. The van der Waals surface area contributed by atoms with Crippen molar-refractivity contribution in [2.45, 2.75) is 40.3 Å². The van der Waals surface area contributed by atoms with Crippen molar-refractivity contribution in [3.8, 4) is 11.5 Å². The maximum Gasteiger partial charge on any atom is 0.197 e. The third-order valence-electron chi connectivity index (χ3n) is 2.59. The fourth-order valence-electron chi connectivity index (χ4n) is 1.74. The van der Waals surface area contributed by atoms with E-state index in [9.17, 15) is 0 Å². The van der Waals surface area contributed by atoms with Crippen LogP contribution in [0.15, 0.2) is 24.8 Å². The van der Waals surface area contributed by atoms with Gasteiger partial charge in [-0.2, -0.15) is 0 Å².